The lowest BCUT2D eigenvalue weighted by atomic mass is 9.85. The van der Waals surface area contributed by atoms with Crippen molar-refractivity contribution in [3.8, 4) is 0 Å². The molecule has 1 heterocycles. The van der Waals surface area contributed by atoms with Crippen LogP contribution in [0.4, 0.5) is 0 Å². The maximum absolute atomic E-state index is 4.53. The van der Waals surface area contributed by atoms with Gasteiger partial charge in [-0.2, -0.15) is 0 Å². The maximum atomic E-state index is 4.53. The van der Waals surface area contributed by atoms with Crippen molar-refractivity contribution in [1.29, 1.82) is 0 Å². The summed E-state index contributed by atoms with van der Waals surface area (Å²) in [5.74, 6) is 2.11. The van der Waals surface area contributed by atoms with Gasteiger partial charge >= 0.3 is 0 Å². The Hall–Kier alpha value is -0.850. The minimum Gasteiger partial charge on any atom is -0.261 e. The Morgan fingerprint density at radius 1 is 1.27 bits per heavy atom. The lowest BCUT2D eigenvalue weighted by molar-refractivity contribution is 0.492. The first-order valence-corrected chi connectivity index (χ1v) is 6.09. The van der Waals surface area contributed by atoms with Gasteiger partial charge in [-0.05, 0) is 47.8 Å². The zero-order valence-electron chi connectivity index (χ0n) is 10.2. The maximum Gasteiger partial charge on any atom is 0.0441 e. The molecule has 0 amide bonds. The van der Waals surface area contributed by atoms with E-state index in [1.165, 1.54) is 24.1 Å². The van der Waals surface area contributed by atoms with E-state index in [0.717, 1.165) is 11.8 Å². The average Bonchev–Trinajstić information content (AvgIpc) is 2.60. The summed E-state index contributed by atoms with van der Waals surface area (Å²) in [5.41, 5.74) is 4.46. The van der Waals surface area contributed by atoms with Crippen molar-refractivity contribution in [2.45, 2.75) is 52.4 Å². The monoisotopic (exact) mass is 203 g/mol. The third kappa shape index (κ3) is 1.80. The molecule has 0 radical (unpaired) electrons. The standard InChI is InChI=1S/C14H21N/c1-9(2)11-5-6-13-14(11)12(10(3)4)7-8-15-13/h7-11H,5-6H2,1-4H3. The number of aryl methyl sites for hydroxylation is 1. The van der Waals surface area contributed by atoms with Crippen molar-refractivity contribution in [1.82, 2.24) is 4.98 Å². The molecular weight excluding hydrogens is 182 g/mol. The first-order chi connectivity index (χ1) is 7.11. The molecule has 15 heavy (non-hydrogen) atoms. The summed E-state index contributed by atoms with van der Waals surface area (Å²) in [6.45, 7) is 9.23. The van der Waals surface area contributed by atoms with Gasteiger partial charge in [0, 0.05) is 11.9 Å². The SMILES string of the molecule is CC(C)c1ccnc2c1C(C(C)C)CC2. The summed E-state index contributed by atoms with van der Waals surface area (Å²) in [4.78, 5) is 4.53. The van der Waals surface area contributed by atoms with Crippen LogP contribution < -0.4 is 0 Å². The van der Waals surface area contributed by atoms with Crippen molar-refractivity contribution in [2.24, 2.45) is 5.92 Å². The van der Waals surface area contributed by atoms with Crippen LogP contribution in [0.3, 0.4) is 0 Å². The van der Waals surface area contributed by atoms with Gasteiger partial charge in [-0.25, -0.2) is 0 Å². The number of nitrogens with zero attached hydrogens (tertiary/aromatic N) is 1. The molecule has 0 saturated carbocycles. The van der Waals surface area contributed by atoms with Gasteiger partial charge in [-0.3, -0.25) is 4.98 Å². The Morgan fingerprint density at radius 3 is 2.60 bits per heavy atom. The number of aromatic nitrogens is 1. The molecule has 1 aliphatic carbocycles. The van der Waals surface area contributed by atoms with Gasteiger partial charge in [0.2, 0.25) is 0 Å². The highest BCUT2D eigenvalue weighted by Crippen LogP contribution is 2.41. The number of pyridine rings is 1. The number of hydrogen-bond acceptors (Lipinski definition) is 1. The molecule has 0 fully saturated rings. The van der Waals surface area contributed by atoms with Crippen LogP contribution >= 0.6 is 0 Å². The van der Waals surface area contributed by atoms with Crippen LogP contribution in [0.5, 0.6) is 0 Å². The Balaban J connectivity index is 2.48. The predicted molar refractivity (Wildman–Crippen MR) is 64.2 cm³/mol. The largest absolute Gasteiger partial charge is 0.261 e. The van der Waals surface area contributed by atoms with Gasteiger partial charge in [0.05, 0.1) is 0 Å². The first-order valence-electron chi connectivity index (χ1n) is 6.09. The van der Waals surface area contributed by atoms with Crippen LogP contribution in [0.1, 0.15) is 62.8 Å². The summed E-state index contributed by atoms with van der Waals surface area (Å²) in [5, 5.41) is 0. The Morgan fingerprint density at radius 2 is 2.00 bits per heavy atom. The quantitative estimate of drug-likeness (QED) is 0.710. The molecule has 0 spiro atoms. The Kier molecular flexibility index (Phi) is 2.81. The molecule has 1 nitrogen and oxygen atoms in total. The topological polar surface area (TPSA) is 12.9 Å². The van der Waals surface area contributed by atoms with Crippen LogP contribution in [-0.4, -0.2) is 4.98 Å². The van der Waals surface area contributed by atoms with Crippen LogP contribution in [0, 0.1) is 5.92 Å². The molecular formula is C14H21N. The number of hydrogen-bond donors (Lipinski definition) is 0. The number of rotatable bonds is 2. The van der Waals surface area contributed by atoms with Gasteiger partial charge < -0.3 is 0 Å². The van der Waals surface area contributed by atoms with Gasteiger partial charge in [0.15, 0.2) is 0 Å². The van der Waals surface area contributed by atoms with Crippen molar-refractivity contribution < 1.29 is 0 Å². The highest BCUT2D eigenvalue weighted by atomic mass is 14.7. The van der Waals surface area contributed by atoms with Crippen molar-refractivity contribution in [3.63, 3.8) is 0 Å². The van der Waals surface area contributed by atoms with E-state index >= 15 is 0 Å². The van der Waals surface area contributed by atoms with Crippen molar-refractivity contribution >= 4 is 0 Å². The van der Waals surface area contributed by atoms with Gasteiger partial charge in [-0.15, -0.1) is 0 Å². The van der Waals surface area contributed by atoms with Crippen LogP contribution in [0.15, 0.2) is 12.3 Å². The Bertz CT molecular complexity index is 352. The average molecular weight is 203 g/mol. The normalized spacial score (nSPS) is 20.0. The molecule has 0 bridgehead atoms. The van der Waals surface area contributed by atoms with E-state index in [1.807, 2.05) is 6.20 Å². The van der Waals surface area contributed by atoms with Crippen LogP contribution in [0.2, 0.25) is 0 Å². The minimum atomic E-state index is 0.626. The predicted octanol–water partition coefficient (Wildman–Crippen LogP) is 3.89. The van der Waals surface area contributed by atoms with Crippen molar-refractivity contribution in [2.75, 3.05) is 0 Å². The highest BCUT2D eigenvalue weighted by Gasteiger charge is 2.28. The summed E-state index contributed by atoms with van der Waals surface area (Å²) >= 11 is 0. The fourth-order valence-electron chi connectivity index (χ4n) is 2.77. The fourth-order valence-corrected chi connectivity index (χ4v) is 2.77. The molecule has 0 aliphatic heterocycles. The second-order valence-corrected chi connectivity index (χ2v) is 5.30. The Labute approximate surface area is 92.9 Å². The first kappa shape index (κ1) is 10.7. The lowest BCUT2D eigenvalue weighted by Crippen LogP contribution is -2.07. The summed E-state index contributed by atoms with van der Waals surface area (Å²) in [7, 11) is 0. The molecule has 82 valence electrons. The molecule has 1 aromatic heterocycles. The van der Waals surface area contributed by atoms with Crippen LogP contribution in [0.25, 0.3) is 0 Å². The molecule has 0 aromatic carbocycles. The summed E-state index contributed by atoms with van der Waals surface area (Å²) in [6, 6.07) is 2.21. The third-order valence-corrected chi connectivity index (χ3v) is 3.60. The number of fused-ring (bicyclic) bond motifs is 1. The molecule has 0 saturated heterocycles. The third-order valence-electron chi connectivity index (χ3n) is 3.60. The molecule has 1 heteroatoms. The van der Waals surface area contributed by atoms with Crippen LogP contribution in [-0.2, 0) is 6.42 Å². The van der Waals surface area contributed by atoms with E-state index in [-0.39, 0.29) is 0 Å². The van der Waals surface area contributed by atoms with Crippen molar-refractivity contribution in [3.05, 3.63) is 29.1 Å². The van der Waals surface area contributed by atoms with E-state index in [2.05, 4.69) is 38.7 Å². The van der Waals surface area contributed by atoms with Gasteiger partial charge in [-0.1, -0.05) is 27.7 Å². The van der Waals surface area contributed by atoms with Gasteiger partial charge in [0.1, 0.15) is 0 Å². The molecule has 1 unspecified atom stereocenters. The van der Waals surface area contributed by atoms with E-state index in [9.17, 15) is 0 Å². The highest BCUT2D eigenvalue weighted by molar-refractivity contribution is 5.39. The van der Waals surface area contributed by atoms with E-state index < -0.39 is 0 Å². The lowest BCUT2D eigenvalue weighted by Gasteiger charge is -2.20. The zero-order valence-corrected chi connectivity index (χ0v) is 10.2. The zero-order chi connectivity index (χ0) is 11.0. The van der Waals surface area contributed by atoms with E-state index in [1.54, 1.807) is 5.56 Å². The van der Waals surface area contributed by atoms with E-state index in [4.69, 9.17) is 0 Å². The smallest absolute Gasteiger partial charge is 0.0441 e. The van der Waals surface area contributed by atoms with Gasteiger partial charge in [0.25, 0.3) is 0 Å². The molecule has 2 rings (SSSR count). The minimum absolute atomic E-state index is 0.626. The molecule has 1 atom stereocenters. The van der Waals surface area contributed by atoms with E-state index in [0.29, 0.717) is 5.92 Å². The second-order valence-electron chi connectivity index (χ2n) is 5.30. The summed E-state index contributed by atoms with van der Waals surface area (Å²) < 4.78 is 0. The summed E-state index contributed by atoms with van der Waals surface area (Å²) in [6.07, 6.45) is 4.46. The molecule has 0 N–H and O–H groups in total. The second kappa shape index (κ2) is 3.96. The molecule has 1 aliphatic rings. The molecule has 1 aromatic rings. The fraction of sp³-hybridized carbons (Fsp3) is 0.643.